The maximum atomic E-state index is 13.0. The van der Waals surface area contributed by atoms with Gasteiger partial charge in [-0.2, -0.15) is 0 Å². The number of aliphatic carboxylic acids is 1. The second-order valence-electron chi connectivity index (χ2n) is 9.39. The van der Waals surface area contributed by atoms with E-state index in [1.54, 1.807) is 0 Å². The van der Waals surface area contributed by atoms with Crippen molar-refractivity contribution in [2.24, 2.45) is 0 Å². The first-order valence-corrected chi connectivity index (χ1v) is 12.6. The molecule has 1 amide bonds. The quantitative estimate of drug-likeness (QED) is 0.294. The third kappa shape index (κ3) is 5.39. The van der Waals surface area contributed by atoms with Gasteiger partial charge in [-0.15, -0.1) is 0 Å². The predicted molar refractivity (Wildman–Crippen MR) is 145 cm³/mol. The van der Waals surface area contributed by atoms with Crippen LogP contribution in [0.2, 0.25) is 0 Å². The Kier molecular flexibility index (Phi) is 7.40. The summed E-state index contributed by atoms with van der Waals surface area (Å²) in [6.45, 7) is 0.583. The monoisotopic (exact) mass is 507 g/mol. The van der Waals surface area contributed by atoms with Crippen molar-refractivity contribution < 1.29 is 24.2 Å². The molecule has 0 radical (unpaired) electrons. The summed E-state index contributed by atoms with van der Waals surface area (Å²) >= 11 is 0. The Labute approximate surface area is 222 Å². The fraction of sp³-hybridized carbons (Fsp3) is 0.188. The van der Waals surface area contributed by atoms with Gasteiger partial charge in [0.25, 0.3) is 0 Å². The molecule has 1 unspecified atom stereocenters. The van der Waals surface area contributed by atoms with Crippen molar-refractivity contribution in [3.8, 4) is 16.9 Å². The van der Waals surface area contributed by atoms with Crippen molar-refractivity contribution >= 4 is 12.1 Å². The van der Waals surface area contributed by atoms with Crippen LogP contribution in [0.15, 0.2) is 103 Å². The average molecular weight is 508 g/mol. The van der Waals surface area contributed by atoms with E-state index < -0.39 is 18.1 Å². The van der Waals surface area contributed by atoms with Crippen LogP contribution in [0, 0.1) is 0 Å². The number of carboxylic acids is 1. The molecule has 1 atom stereocenters. The second-order valence-corrected chi connectivity index (χ2v) is 9.39. The van der Waals surface area contributed by atoms with Crippen LogP contribution in [0.5, 0.6) is 5.75 Å². The average Bonchev–Trinajstić information content (AvgIpc) is 3.27. The Balaban J connectivity index is 1.21. The normalized spacial score (nSPS) is 12.8. The van der Waals surface area contributed by atoms with Crippen LogP contribution in [-0.2, 0) is 22.6 Å². The van der Waals surface area contributed by atoms with Gasteiger partial charge in [-0.3, -0.25) is 4.90 Å². The molecule has 0 spiro atoms. The Morgan fingerprint density at radius 2 is 1.37 bits per heavy atom. The minimum atomic E-state index is -1.09. The summed E-state index contributed by atoms with van der Waals surface area (Å²) in [5.74, 6) is -0.494. The highest BCUT2D eigenvalue weighted by Gasteiger charge is 2.32. The largest absolute Gasteiger partial charge is 0.489 e. The Morgan fingerprint density at radius 1 is 0.789 bits per heavy atom. The van der Waals surface area contributed by atoms with E-state index in [0.29, 0.717) is 12.4 Å². The van der Waals surface area contributed by atoms with E-state index in [-0.39, 0.29) is 18.9 Å². The maximum absolute atomic E-state index is 13.0. The molecule has 0 saturated carbocycles. The van der Waals surface area contributed by atoms with E-state index in [4.69, 9.17) is 9.47 Å². The Hall–Kier alpha value is -4.58. The number of carboxylic acid groups (broad SMARTS) is 1. The molecular formula is C32H29NO5. The van der Waals surface area contributed by atoms with Crippen LogP contribution < -0.4 is 4.74 Å². The molecule has 0 aromatic heterocycles. The van der Waals surface area contributed by atoms with E-state index in [1.165, 1.54) is 7.05 Å². The van der Waals surface area contributed by atoms with Crippen molar-refractivity contribution in [2.45, 2.75) is 25.0 Å². The third-order valence-corrected chi connectivity index (χ3v) is 6.98. The van der Waals surface area contributed by atoms with Crippen LogP contribution in [0.3, 0.4) is 0 Å². The minimum absolute atomic E-state index is 0.0912. The number of hydrogen-bond acceptors (Lipinski definition) is 4. The highest BCUT2D eigenvalue weighted by Crippen LogP contribution is 2.44. The smallest absolute Gasteiger partial charge is 0.410 e. The highest BCUT2D eigenvalue weighted by molar-refractivity contribution is 5.81. The summed E-state index contributed by atoms with van der Waals surface area (Å²) in [4.78, 5) is 26.2. The molecule has 0 saturated heterocycles. The van der Waals surface area contributed by atoms with Gasteiger partial charge in [0.15, 0.2) is 0 Å². The Bertz CT molecular complexity index is 1370. The van der Waals surface area contributed by atoms with Crippen molar-refractivity contribution in [3.05, 3.63) is 125 Å². The number of likely N-dealkylation sites (N-methyl/N-ethyl adjacent to an activating group) is 1. The fourth-order valence-corrected chi connectivity index (χ4v) is 4.90. The lowest BCUT2D eigenvalue weighted by molar-refractivity contribution is -0.142. The number of hydrogen-bond donors (Lipinski definition) is 1. The fourth-order valence-electron chi connectivity index (χ4n) is 4.90. The van der Waals surface area contributed by atoms with Crippen molar-refractivity contribution in [2.75, 3.05) is 13.7 Å². The first-order valence-electron chi connectivity index (χ1n) is 12.6. The van der Waals surface area contributed by atoms with Crippen molar-refractivity contribution in [1.29, 1.82) is 0 Å². The lowest BCUT2D eigenvalue weighted by Crippen LogP contribution is -2.44. The zero-order valence-electron chi connectivity index (χ0n) is 21.1. The highest BCUT2D eigenvalue weighted by atomic mass is 16.6. The van der Waals surface area contributed by atoms with Crippen molar-refractivity contribution in [3.63, 3.8) is 0 Å². The molecule has 4 aromatic rings. The van der Waals surface area contributed by atoms with Gasteiger partial charge >= 0.3 is 12.1 Å². The number of benzene rings is 4. The molecule has 6 heteroatoms. The second kappa shape index (κ2) is 11.2. The lowest BCUT2D eigenvalue weighted by Gasteiger charge is -2.25. The molecule has 1 aliphatic carbocycles. The molecule has 0 heterocycles. The SMILES string of the molecule is CN(C(=O)OCC1c2ccccc2-c2ccccc21)C(Cc1ccc(OCc2ccccc2)cc1)C(=O)O. The number of rotatable bonds is 9. The molecule has 1 N–H and O–H groups in total. The summed E-state index contributed by atoms with van der Waals surface area (Å²) in [5.41, 5.74) is 6.33. The molecule has 0 bridgehead atoms. The molecule has 0 aliphatic heterocycles. The standard InChI is InChI=1S/C32H29NO5/c1-33(32(36)38-21-29-27-13-7-5-11-25(27)26-12-6-8-14-28(26)29)30(31(34)35)19-22-15-17-24(18-16-22)37-20-23-9-3-2-4-10-23/h2-18,29-30H,19-21H2,1H3,(H,34,35). The zero-order chi connectivity index (χ0) is 26.5. The summed E-state index contributed by atoms with van der Waals surface area (Å²) < 4.78 is 11.5. The number of carbonyl (C=O) groups is 2. The van der Waals surface area contributed by atoms with Gasteiger partial charge in [0.1, 0.15) is 25.0 Å². The molecule has 5 rings (SSSR count). The van der Waals surface area contributed by atoms with E-state index in [2.05, 4.69) is 12.1 Å². The molecule has 4 aromatic carbocycles. The van der Waals surface area contributed by atoms with Crippen LogP contribution >= 0.6 is 0 Å². The van der Waals surface area contributed by atoms with Crippen LogP contribution in [0.1, 0.15) is 28.2 Å². The van der Waals surface area contributed by atoms with Gasteiger partial charge in [-0.1, -0.05) is 91.0 Å². The predicted octanol–water partition coefficient (Wildman–Crippen LogP) is 6.14. The van der Waals surface area contributed by atoms with Gasteiger partial charge in [-0.25, -0.2) is 9.59 Å². The molecule has 38 heavy (non-hydrogen) atoms. The molecule has 192 valence electrons. The number of nitrogens with zero attached hydrogens (tertiary/aromatic N) is 1. The van der Waals surface area contributed by atoms with Gasteiger partial charge < -0.3 is 14.6 Å². The lowest BCUT2D eigenvalue weighted by atomic mass is 9.98. The van der Waals surface area contributed by atoms with Gasteiger partial charge in [0.2, 0.25) is 0 Å². The minimum Gasteiger partial charge on any atom is -0.489 e. The van der Waals surface area contributed by atoms with E-state index in [9.17, 15) is 14.7 Å². The first-order chi connectivity index (χ1) is 18.5. The number of fused-ring (bicyclic) bond motifs is 3. The van der Waals surface area contributed by atoms with Crippen LogP contribution in [0.4, 0.5) is 4.79 Å². The van der Waals surface area contributed by atoms with Gasteiger partial charge in [0, 0.05) is 19.4 Å². The summed E-state index contributed by atoms with van der Waals surface area (Å²) in [5, 5.41) is 9.88. The van der Waals surface area contributed by atoms with Crippen LogP contribution in [0.25, 0.3) is 11.1 Å². The summed E-state index contributed by atoms with van der Waals surface area (Å²) in [6, 6.07) is 32.2. The summed E-state index contributed by atoms with van der Waals surface area (Å²) in [6.07, 6.45) is -0.517. The topological polar surface area (TPSA) is 76.1 Å². The van der Waals surface area contributed by atoms with E-state index in [1.807, 2.05) is 91.0 Å². The third-order valence-electron chi connectivity index (χ3n) is 6.98. The van der Waals surface area contributed by atoms with E-state index >= 15 is 0 Å². The number of ether oxygens (including phenoxy) is 2. The molecular weight excluding hydrogens is 478 g/mol. The molecule has 1 aliphatic rings. The Morgan fingerprint density at radius 3 is 1.97 bits per heavy atom. The zero-order valence-corrected chi connectivity index (χ0v) is 21.1. The number of amides is 1. The molecule has 6 nitrogen and oxygen atoms in total. The van der Waals surface area contributed by atoms with E-state index in [0.717, 1.165) is 38.3 Å². The van der Waals surface area contributed by atoms with Gasteiger partial charge in [0.05, 0.1) is 0 Å². The molecule has 0 fully saturated rings. The van der Waals surface area contributed by atoms with Gasteiger partial charge in [-0.05, 0) is 45.5 Å². The first kappa shape index (κ1) is 25.1. The maximum Gasteiger partial charge on any atom is 0.410 e. The summed E-state index contributed by atoms with van der Waals surface area (Å²) in [7, 11) is 1.47. The van der Waals surface area contributed by atoms with Crippen LogP contribution in [-0.4, -0.2) is 41.8 Å². The van der Waals surface area contributed by atoms with Crippen molar-refractivity contribution in [1.82, 2.24) is 4.90 Å². The number of carbonyl (C=O) groups excluding carboxylic acids is 1.